The smallest absolute Gasteiger partial charge is 0.255 e. The molecule has 0 aliphatic carbocycles. The Hall–Kier alpha value is -0.740. The van der Waals surface area contributed by atoms with E-state index in [0.29, 0.717) is 27.2 Å². The number of carbonyl (C=O) groups excluding carboxylic acids is 1. The summed E-state index contributed by atoms with van der Waals surface area (Å²) >= 11 is 21.3. The number of hydrogen-bond donors (Lipinski definition) is 0. The number of hydrogen-bond acceptors (Lipinski definition) is 1. The van der Waals surface area contributed by atoms with Crippen LogP contribution in [0.1, 0.15) is 15.9 Å². The topological polar surface area (TPSA) is 20.3 Å². The molecule has 110 valence electrons. The van der Waals surface area contributed by atoms with Crippen LogP contribution in [0.2, 0.25) is 15.1 Å². The van der Waals surface area contributed by atoms with Crippen LogP contribution in [0.25, 0.3) is 0 Å². The summed E-state index contributed by atoms with van der Waals surface area (Å²) in [5, 5.41) is 1.38. The van der Waals surface area contributed by atoms with Crippen molar-refractivity contribution in [2.24, 2.45) is 0 Å². The SMILES string of the molecule is CN(Cc1ccc(Cl)c(Cl)c1)C(=O)c1cc(Br)ccc1Cl. The van der Waals surface area contributed by atoms with E-state index in [1.54, 1.807) is 42.3 Å². The number of halogens is 4. The minimum Gasteiger partial charge on any atom is -0.337 e. The number of amides is 1. The maximum atomic E-state index is 12.4. The summed E-state index contributed by atoms with van der Waals surface area (Å²) in [6.45, 7) is 0.415. The van der Waals surface area contributed by atoms with Crippen LogP contribution in [-0.2, 0) is 6.54 Å². The molecule has 2 rings (SSSR count). The van der Waals surface area contributed by atoms with Crippen molar-refractivity contribution < 1.29 is 4.79 Å². The first-order chi connectivity index (χ1) is 9.88. The molecular formula is C15H11BrCl3NO. The number of carbonyl (C=O) groups is 1. The van der Waals surface area contributed by atoms with E-state index in [2.05, 4.69) is 15.9 Å². The zero-order chi connectivity index (χ0) is 15.6. The average Bonchev–Trinajstić information content (AvgIpc) is 2.44. The van der Waals surface area contributed by atoms with E-state index in [9.17, 15) is 4.79 Å². The second-order valence-electron chi connectivity index (χ2n) is 4.53. The van der Waals surface area contributed by atoms with E-state index in [1.165, 1.54) is 0 Å². The molecule has 0 atom stereocenters. The van der Waals surface area contributed by atoms with Gasteiger partial charge in [-0.25, -0.2) is 0 Å². The van der Waals surface area contributed by atoms with Crippen LogP contribution < -0.4 is 0 Å². The van der Waals surface area contributed by atoms with E-state index in [0.717, 1.165) is 10.0 Å². The molecule has 0 radical (unpaired) electrons. The van der Waals surface area contributed by atoms with Crippen LogP contribution in [0.15, 0.2) is 40.9 Å². The summed E-state index contributed by atoms with van der Waals surface area (Å²) < 4.78 is 0.804. The molecule has 6 heteroatoms. The second kappa shape index (κ2) is 7.01. The van der Waals surface area contributed by atoms with Crippen molar-refractivity contribution in [3.05, 3.63) is 67.1 Å². The summed E-state index contributed by atoms with van der Waals surface area (Å²) in [7, 11) is 1.71. The Morgan fingerprint density at radius 3 is 2.38 bits per heavy atom. The van der Waals surface area contributed by atoms with Gasteiger partial charge in [0.25, 0.3) is 5.91 Å². The maximum Gasteiger partial charge on any atom is 0.255 e. The Balaban J connectivity index is 2.19. The highest BCUT2D eigenvalue weighted by atomic mass is 79.9. The summed E-state index contributed by atoms with van der Waals surface area (Å²) in [5.74, 6) is -0.160. The summed E-state index contributed by atoms with van der Waals surface area (Å²) in [6.07, 6.45) is 0. The highest BCUT2D eigenvalue weighted by molar-refractivity contribution is 9.10. The molecule has 0 aliphatic rings. The molecule has 0 fully saturated rings. The lowest BCUT2D eigenvalue weighted by Crippen LogP contribution is -2.26. The molecule has 1 amide bonds. The highest BCUT2D eigenvalue weighted by Crippen LogP contribution is 2.25. The second-order valence-corrected chi connectivity index (χ2v) is 6.67. The summed E-state index contributed by atoms with van der Waals surface area (Å²) in [6, 6.07) is 10.5. The molecule has 0 N–H and O–H groups in total. The maximum absolute atomic E-state index is 12.4. The molecule has 0 unspecified atom stereocenters. The van der Waals surface area contributed by atoms with Gasteiger partial charge in [0.2, 0.25) is 0 Å². The molecule has 0 aromatic heterocycles. The van der Waals surface area contributed by atoms with Crippen molar-refractivity contribution in [1.82, 2.24) is 4.90 Å². The third kappa shape index (κ3) is 4.13. The van der Waals surface area contributed by atoms with Crippen molar-refractivity contribution in [2.45, 2.75) is 6.54 Å². The lowest BCUT2D eigenvalue weighted by Gasteiger charge is -2.18. The molecule has 0 saturated carbocycles. The Bertz CT molecular complexity index is 691. The van der Waals surface area contributed by atoms with Gasteiger partial charge < -0.3 is 4.90 Å². The predicted octanol–water partition coefficient (Wildman–Crippen LogP) is 5.68. The molecule has 0 heterocycles. The van der Waals surface area contributed by atoms with Gasteiger partial charge in [0, 0.05) is 18.1 Å². The first kappa shape index (κ1) is 16.6. The van der Waals surface area contributed by atoms with Crippen molar-refractivity contribution in [1.29, 1.82) is 0 Å². The third-order valence-corrected chi connectivity index (χ3v) is 4.47. The van der Waals surface area contributed by atoms with Gasteiger partial charge in [-0.2, -0.15) is 0 Å². The molecule has 0 bridgehead atoms. The van der Waals surface area contributed by atoms with E-state index < -0.39 is 0 Å². The fraction of sp³-hybridized carbons (Fsp3) is 0.133. The van der Waals surface area contributed by atoms with Crippen LogP contribution in [0.4, 0.5) is 0 Å². The van der Waals surface area contributed by atoms with E-state index in [4.69, 9.17) is 34.8 Å². The minimum atomic E-state index is -0.160. The Kier molecular flexibility index (Phi) is 5.55. The molecule has 0 saturated heterocycles. The van der Waals surface area contributed by atoms with Gasteiger partial charge in [0.1, 0.15) is 0 Å². The molecule has 2 aromatic carbocycles. The molecule has 2 aromatic rings. The average molecular weight is 408 g/mol. The largest absolute Gasteiger partial charge is 0.337 e. The summed E-state index contributed by atoms with van der Waals surface area (Å²) in [5.41, 5.74) is 1.35. The molecule has 0 aliphatic heterocycles. The molecule has 0 spiro atoms. The van der Waals surface area contributed by atoms with Crippen LogP contribution in [-0.4, -0.2) is 17.9 Å². The fourth-order valence-corrected chi connectivity index (χ4v) is 2.73. The highest BCUT2D eigenvalue weighted by Gasteiger charge is 2.16. The summed E-state index contributed by atoms with van der Waals surface area (Å²) in [4.78, 5) is 14.0. The minimum absolute atomic E-state index is 0.160. The van der Waals surface area contributed by atoms with Crippen molar-refractivity contribution in [2.75, 3.05) is 7.05 Å². The Morgan fingerprint density at radius 1 is 1.05 bits per heavy atom. The predicted molar refractivity (Wildman–Crippen MR) is 91.4 cm³/mol. The normalized spacial score (nSPS) is 10.5. The van der Waals surface area contributed by atoms with Crippen LogP contribution >= 0.6 is 50.7 Å². The lowest BCUT2D eigenvalue weighted by molar-refractivity contribution is 0.0785. The van der Waals surface area contributed by atoms with E-state index in [1.807, 2.05) is 6.07 Å². The van der Waals surface area contributed by atoms with E-state index >= 15 is 0 Å². The van der Waals surface area contributed by atoms with Gasteiger partial charge >= 0.3 is 0 Å². The van der Waals surface area contributed by atoms with Crippen LogP contribution in [0, 0.1) is 0 Å². The monoisotopic (exact) mass is 405 g/mol. The standard InChI is InChI=1S/C15H11BrCl3NO/c1-20(8-9-2-4-13(18)14(19)6-9)15(21)11-7-10(16)3-5-12(11)17/h2-7H,8H2,1H3. The first-order valence-electron chi connectivity index (χ1n) is 6.03. The number of rotatable bonds is 3. The number of nitrogens with zero attached hydrogens (tertiary/aromatic N) is 1. The molecule has 21 heavy (non-hydrogen) atoms. The van der Waals surface area contributed by atoms with Gasteiger partial charge in [-0.05, 0) is 35.9 Å². The van der Waals surface area contributed by atoms with Gasteiger partial charge in [-0.1, -0.05) is 56.8 Å². The lowest BCUT2D eigenvalue weighted by atomic mass is 10.1. The van der Waals surface area contributed by atoms with Gasteiger partial charge in [-0.3, -0.25) is 4.79 Å². The van der Waals surface area contributed by atoms with Gasteiger partial charge in [-0.15, -0.1) is 0 Å². The van der Waals surface area contributed by atoms with E-state index in [-0.39, 0.29) is 5.91 Å². The van der Waals surface area contributed by atoms with Crippen LogP contribution in [0.5, 0.6) is 0 Å². The fourth-order valence-electron chi connectivity index (χ4n) is 1.85. The molecule has 2 nitrogen and oxygen atoms in total. The third-order valence-electron chi connectivity index (χ3n) is 2.91. The van der Waals surface area contributed by atoms with Crippen molar-refractivity contribution in [3.63, 3.8) is 0 Å². The quantitative estimate of drug-likeness (QED) is 0.641. The van der Waals surface area contributed by atoms with Gasteiger partial charge in [0.05, 0.1) is 20.6 Å². The molecular weight excluding hydrogens is 396 g/mol. The first-order valence-corrected chi connectivity index (χ1v) is 7.95. The van der Waals surface area contributed by atoms with Crippen molar-refractivity contribution in [3.8, 4) is 0 Å². The van der Waals surface area contributed by atoms with Gasteiger partial charge in [0.15, 0.2) is 0 Å². The zero-order valence-electron chi connectivity index (χ0n) is 11.0. The Morgan fingerprint density at radius 2 is 1.71 bits per heavy atom. The zero-order valence-corrected chi connectivity index (χ0v) is 14.9. The van der Waals surface area contributed by atoms with Crippen LogP contribution in [0.3, 0.4) is 0 Å². The number of benzene rings is 2. The Labute approximate surface area is 146 Å². The van der Waals surface area contributed by atoms with Crippen molar-refractivity contribution >= 4 is 56.6 Å².